The summed E-state index contributed by atoms with van der Waals surface area (Å²) in [5, 5.41) is 5.71. The molecule has 0 saturated carbocycles. The summed E-state index contributed by atoms with van der Waals surface area (Å²) in [6.45, 7) is 2.09. The van der Waals surface area contributed by atoms with Crippen LogP contribution in [0.1, 0.15) is 22.3 Å². The number of hydrogen-bond donors (Lipinski definition) is 1. The Morgan fingerprint density at radius 2 is 2.14 bits per heavy atom. The quantitative estimate of drug-likeness (QED) is 0.726. The van der Waals surface area contributed by atoms with E-state index in [9.17, 15) is 0 Å². The van der Waals surface area contributed by atoms with Crippen LogP contribution in [0.25, 0.3) is 0 Å². The molecule has 21 heavy (non-hydrogen) atoms. The van der Waals surface area contributed by atoms with Crippen molar-refractivity contribution in [3.8, 4) is 0 Å². The number of rotatable bonds is 4. The van der Waals surface area contributed by atoms with Crippen LogP contribution < -0.4 is 5.32 Å². The van der Waals surface area contributed by atoms with Crippen molar-refractivity contribution in [2.75, 3.05) is 5.32 Å². The predicted octanol–water partition coefficient (Wildman–Crippen LogP) is 4.75. The molecular formula is C16H16BrN3S. The molecule has 0 amide bonds. The predicted molar refractivity (Wildman–Crippen MR) is 91.9 cm³/mol. The van der Waals surface area contributed by atoms with Gasteiger partial charge in [-0.1, -0.05) is 18.2 Å². The number of hydrogen-bond acceptors (Lipinski definition) is 3. The van der Waals surface area contributed by atoms with Crippen LogP contribution in [0.2, 0.25) is 0 Å². The van der Waals surface area contributed by atoms with Crippen molar-refractivity contribution in [2.24, 2.45) is 7.05 Å². The van der Waals surface area contributed by atoms with Crippen LogP contribution in [0.3, 0.4) is 0 Å². The summed E-state index contributed by atoms with van der Waals surface area (Å²) in [5.74, 6) is 1.01. The molecule has 0 bridgehead atoms. The molecule has 0 aliphatic heterocycles. The van der Waals surface area contributed by atoms with Gasteiger partial charge in [-0.25, -0.2) is 4.98 Å². The molecule has 1 unspecified atom stereocenters. The zero-order chi connectivity index (χ0) is 14.8. The second kappa shape index (κ2) is 6.03. The number of nitrogens with one attached hydrogen (secondary N) is 1. The molecule has 0 fully saturated rings. The minimum atomic E-state index is 0.0445. The monoisotopic (exact) mass is 361 g/mol. The maximum Gasteiger partial charge on any atom is 0.136 e. The van der Waals surface area contributed by atoms with Crippen molar-refractivity contribution >= 4 is 33.0 Å². The molecule has 108 valence electrons. The van der Waals surface area contributed by atoms with Crippen molar-refractivity contribution in [2.45, 2.75) is 13.0 Å². The van der Waals surface area contributed by atoms with Gasteiger partial charge in [-0.15, -0.1) is 11.3 Å². The third-order valence-corrected chi connectivity index (χ3v) is 5.43. The third kappa shape index (κ3) is 2.89. The maximum absolute atomic E-state index is 4.51. The molecule has 3 nitrogen and oxygen atoms in total. The molecule has 3 aromatic rings. The first-order valence-electron chi connectivity index (χ1n) is 6.69. The number of anilines is 1. The van der Waals surface area contributed by atoms with Crippen molar-refractivity contribution in [3.05, 3.63) is 68.8 Å². The highest BCUT2D eigenvalue weighted by atomic mass is 79.9. The summed E-state index contributed by atoms with van der Waals surface area (Å²) in [7, 11) is 2.02. The van der Waals surface area contributed by atoms with Gasteiger partial charge in [0.2, 0.25) is 0 Å². The number of thiophene rings is 1. The van der Waals surface area contributed by atoms with E-state index < -0.39 is 0 Å². The first kappa shape index (κ1) is 14.4. The molecule has 0 saturated heterocycles. The van der Waals surface area contributed by atoms with Crippen LogP contribution >= 0.6 is 27.3 Å². The molecule has 0 aliphatic carbocycles. The molecule has 2 aromatic heterocycles. The van der Waals surface area contributed by atoms with Gasteiger partial charge < -0.3 is 9.88 Å². The fourth-order valence-corrected chi connectivity index (χ4v) is 3.44. The van der Waals surface area contributed by atoms with E-state index in [0.29, 0.717) is 0 Å². The summed E-state index contributed by atoms with van der Waals surface area (Å²) in [6.07, 6.45) is 3.81. The van der Waals surface area contributed by atoms with E-state index in [2.05, 4.69) is 73.4 Å². The van der Waals surface area contributed by atoms with Crippen LogP contribution in [0.15, 0.2) is 52.6 Å². The largest absolute Gasteiger partial charge is 0.370 e. The van der Waals surface area contributed by atoms with E-state index in [1.54, 1.807) is 11.3 Å². The molecule has 1 atom stereocenters. The number of benzene rings is 1. The lowest BCUT2D eigenvalue weighted by atomic mass is 10.1. The Morgan fingerprint density at radius 1 is 1.29 bits per heavy atom. The van der Waals surface area contributed by atoms with Gasteiger partial charge in [0.25, 0.3) is 0 Å². The standard InChI is InChI=1S/C16H16BrN3S/c1-11-5-3-6-12(14(11)17)19-15(13-7-4-10-21-13)16-18-8-9-20(16)2/h3-10,15,19H,1-2H3. The van der Waals surface area contributed by atoms with E-state index in [-0.39, 0.29) is 6.04 Å². The van der Waals surface area contributed by atoms with Gasteiger partial charge >= 0.3 is 0 Å². The lowest BCUT2D eigenvalue weighted by Crippen LogP contribution is -2.16. The van der Waals surface area contributed by atoms with E-state index in [0.717, 1.165) is 16.0 Å². The minimum Gasteiger partial charge on any atom is -0.370 e. The summed E-state index contributed by atoms with van der Waals surface area (Å²) in [6, 6.07) is 10.5. The van der Waals surface area contributed by atoms with Gasteiger partial charge in [-0.3, -0.25) is 0 Å². The molecular weight excluding hydrogens is 346 g/mol. The summed E-state index contributed by atoms with van der Waals surface area (Å²) >= 11 is 5.40. The van der Waals surface area contributed by atoms with Crippen molar-refractivity contribution in [3.63, 3.8) is 0 Å². The zero-order valence-corrected chi connectivity index (χ0v) is 14.3. The van der Waals surface area contributed by atoms with Gasteiger partial charge in [-0.2, -0.15) is 0 Å². The Morgan fingerprint density at radius 3 is 2.81 bits per heavy atom. The zero-order valence-electron chi connectivity index (χ0n) is 11.9. The maximum atomic E-state index is 4.51. The Labute approximate surface area is 136 Å². The van der Waals surface area contributed by atoms with Crippen LogP contribution in [-0.4, -0.2) is 9.55 Å². The second-order valence-corrected chi connectivity index (χ2v) is 6.70. The average molecular weight is 362 g/mol. The molecule has 1 aromatic carbocycles. The lowest BCUT2D eigenvalue weighted by Gasteiger charge is -2.20. The molecule has 0 aliphatic rings. The number of aromatic nitrogens is 2. The van der Waals surface area contributed by atoms with E-state index in [1.807, 2.05) is 19.4 Å². The van der Waals surface area contributed by atoms with Crippen molar-refractivity contribution < 1.29 is 0 Å². The van der Waals surface area contributed by atoms with Crippen LogP contribution in [0.5, 0.6) is 0 Å². The van der Waals surface area contributed by atoms with E-state index in [4.69, 9.17) is 0 Å². The number of nitrogens with zero attached hydrogens (tertiary/aromatic N) is 2. The summed E-state index contributed by atoms with van der Waals surface area (Å²) in [5.41, 5.74) is 2.29. The SMILES string of the molecule is Cc1cccc(NC(c2cccs2)c2nccn2C)c1Br. The normalized spacial score (nSPS) is 12.3. The molecule has 5 heteroatoms. The Balaban J connectivity index is 2.01. The Hall–Kier alpha value is -1.59. The first-order valence-corrected chi connectivity index (χ1v) is 8.36. The highest BCUT2D eigenvalue weighted by Crippen LogP contribution is 2.33. The number of aryl methyl sites for hydroxylation is 2. The highest BCUT2D eigenvalue weighted by molar-refractivity contribution is 9.10. The first-order chi connectivity index (χ1) is 10.2. The van der Waals surface area contributed by atoms with Gasteiger partial charge in [0.15, 0.2) is 0 Å². The molecule has 2 heterocycles. The smallest absolute Gasteiger partial charge is 0.136 e. The summed E-state index contributed by atoms with van der Waals surface area (Å²) in [4.78, 5) is 5.76. The van der Waals surface area contributed by atoms with Crippen molar-refractivity contribution in [1.82, 2.24) is 9.55 Å². The highest BCUT2D eigenvalue weighted by Gasteiger charge is 2.20. The Bertz CT molecular complexity index is 734. The fourth-order valence-electron chi connectivity index (χ4n) is 2.29. The van der Waals surface area contributed by atoms with Gasteiger partial charge in [0.1, 0.15) is 11.9 Å². The van der Waals surface area contributed by atoms with Gasteiger partial charge in [-0.05, 0) is 45.9 Å². The number of imidazole rings is 1. The lowest BCUT2D eigenvalue weighted by molar-refractivity contribution is 0.756. The van der Waals surface area contributed by atoms with E-state index in [1.165, 1.54) is 10.4 Å². The van der Waals surface area contributed by atoms with Crippen LogP contribution in [-0.2, 0) is 7.05 Å². The second-order valence-electron chi connectivity index (χ2n) is 4.93. The van der Waals surface area contributed by atoms with Crippen LogP contribution in [0.4, 0.5) is 5.69 Å². The third-order valence-electron chi connectivity index (χ3n) is 3.44. The fraction of sp³-hybridized carbons (Fsp3) is 0.188. The molecule has 1 N–H and O–H groups in total. The number of halogens is 1. The van der Waals surface area contributed by atoms with E-state index >= 15 is 0 Å². The van der Waals surface area contributed by atoms with Gasteiger partial charge in [0.05, 0.1) is 0 Å². The molecule has 3 rings (SSSR count). The van der Waals surface area contributed by atoms with Gasteiger partial charge in [0, 0.05) is 34.5 Å². The topological polar surface area (TPSA) is 29.9 Å². The molecule has 0 radical (unpaired) electrons. The Kier molecular flexibility index (Phi) is 4.12. The van der Waals surface area contributed by atoms with Crippen molar-refractivity contribution in [1.29, 1.82) is 0 Å². The van der Waals surface area contributed by atoms with Crippen LogP contribution in [0, 0.1) is 6.92 Å². The minimum absolute atomic E-state index is 0.0445. The average Bonchev–Trinajstić information content (AvgIpc) is 3.12. The molecule has 0 spiro atoms. The summed E-state index contributed by atoms with van der Waals surface area (Å²) < 4.78 is 3.15.